The largest absolute Gasteiger partial charge is 0.461 e. The van der Waals surface area contributed by atoms with E-state index in [0.717, 1.165) is 18.0 Å². The number of carbonyl (C=O) groups is 1. The van der Waals surface area contributed by atoms with Crippen molar-refractivity contribution in [2.75, 3.05) is 5.75 Å². The van der Waals surface area contributed by atoms with Gasteiger partial charge in [-0.15, -0.1) is 10.2 Å². The number of nitrogens with zero attached hydrogens (tertiary/aromatic N) is 3. The smallest absolute Gasteiger partial charge is 0.200 e. The van der Waals surface area contributed by atoms with Gasteiger partial charge in [0, 0.05) is 11.6 Å². The molecule has 0 saturated heterocycles. The second-order valence-electron chi connectivity index (χ2n) is 6.66. The minimum atomic E-state index is -0.348. The SMILES string of the molecule is O=C(CSc1nnc(-c2ccco2)n1C1CCCCC1)c1ccc(F)cc1. The molecule has 2 heterocycles. The highest BCUT2D eigenvalue weighted by molar-refractivity contribution is 7.99. The number of aromatic nitrogens is 3. The van der Waals surface area contributed by atoms with Crippen LogP contribution in [0.5, 0.6) is 0 Å². The summed E-state index contributed by atoms with van der Waals surface area (Å²) in [4.78, 5) is 12.4. The lowest BCUT2D eigenvalue weighted by Crippen LogP contribution is -2.15. The first-order valence-electron chi connectivity index (χ1n) is 9.13. The Balaban J connectivity index is 1.56. The molecule has 1 aliphatic carbocycles. The summed E-state index contributed by atoms with van der Waals surface area (Å²) in [5.74, 6) is 1.22. The molecule has 2 aromatic heterocycles. The summed E-state index contributed by atoms with van der Waals surface area (Å²) in [5.41, 5.74) is 0.499. The van der Waals surface area contributed by atoms with Crippen LogP contribution in [0.25, 0.3) is 11.6 Å². The molecule has 1 fully saturated rings. The lowest BCUT2D eigenvalue weighted by molar-refractivity contribution is 0.102. The van der Waals surface area contributed by atoms with Gasteiger partial charge in [-0.25, -0.2) is 4.39 Å². The third-order valence-electron chi connectivity index (χ3n) is 4.84. The van der Waals surface area contributed by atoms with Crippen LogP contribution in [0.3, 0.4) is 0 Å². The van der Waals surface area contributed by atoms with Crippen LogP contribution in [0.4, 0.5) is 4.39 Å². The van der Waals surface area contributed by atoms with E-state index in [-0.39, 0.29) is 17.4 Å². The molecule has 140 valence electrons. The summed E-state index contributed by atoms with van der Waals surface area (Å²) in [6.07, 6.45) is 7.38. The Morgan fingerprint density at radius 3 is 2.63 bits per heavy atom. The molecule has 0 aliphatic heterocycles. The topological polar surface area (TPSA) is 60.9 Å². The lowest BCUT2D eigenvalue weighted by atomic mass is 9.95. The molecule has 1 aromatic carbocycles. The molecule has 0 spiro atoms. The van der Waals surface area contributed by atoms with Crippen molar-refractivity contribution in [3.05, 3.63) is 54.0 Å². The first-order chi connectivity index (χ1) is 13.2. The predicted molar refractivity (Wildman–Crippen MR) is 101 cm³/mol. The van der Waals surface area contributed by atoms with Crippen LogP contribution in [0.15, 0.2) is 52.2 Å². The second kappa shape index (κ2) is 8.08. The first kappa shape index (κ1) is 18.0. The van der Waals surface area contributed by atoms with Crippen LogP contribution in [0.2, 0.25) is 0 Å². The van der Waals surface area contributed by atoms with E-state index in [2.05, 4.69) is 14.8 Å². The fourth-order valence-electron chi connectivity index (χ4n) is 3.47. The van der Waals surface area contributed by atoms with Crippen LogP contribution in [0, 0.1) is 5.82 Å². The Hall–Kier alpha value is -2.41. The average molecular weight is 385 g/mol. The monoisotopic (exact) mass is 385 g/mol. The van der Waals surface area contributed by atoms with Gasteiger partial charge in [-0.3, -0.25) is 9.36 Å². The number of hydrogen-bond acceptors (Lipinski definition) is 5. The molecule has 3 aromatic rings. The summed E-state index contributed by atoms with van der Waals surface area (Å²) >= 11 is 1.37. The summed E-state index contributed by atoms with van der Waals surface area (Å²) in [5, 5.41) is 9.39. The number of hydrogen-bond donors (Lipinski definition) is 0. The maximum absolute atomic E-state index is 13.0. The van der Waals surface area contributed by atoms with Gasteiger partial charge in [0.05, 0.1) is 12.0 Å². The third-order valence-corrected chi connectivity index (χ3v) is 5.79. The van der Waals surface area contributed by atoms with Crippen LogP contribution in [0.1, 0.15) is 48.5 Å². The van der Waals surface area contributed by atoms with Gasteiger partial charge in [0.1, 0.15) is 5.82 Å². The minimum absolute atomic E-state index is 0.0576. The molecular formula is C20H20FN3O2S. The zero-order chi connectivity index (χ0) is 18.6. The Bertz CT molecular complexity index is 900. The molecule has 5 nitrogen and oxygen atoms in total. The van der Waals surface area contributed by atoms with Gasteiger partial charge in [-0.2, -0.15) is 0 Å². The average Bonchev–Trinajstić information content (AvgIpc) is 3.37. The fourth-order valence-corrected chi connectivity index (χ4v) is 4.37. The number of ketones is 1. The van der Waals surface area contributed by atoms with E-state index in [1.165, 1.54) is 55.3 Å². The Morgan fingerprint density at radius 2 is 1.93 bits per heavy atom. The second-order valence-corrected chi connectivity index (χ2v) is 7.61. The highest BCUT2D eigenvalue weighted by atomic mass is 32.2. The van der Waals surface area contributed by atoms with Crippen molar-refractivity contribution in [3.63, 3.8) is 0 Å². The maximum Gasteiger partial charge on any atom is 0.200 e. The lowest BCUT2D eigenvalue weighted by Gasteiger charge is -2.25. The van der Waals surface area contributed by atoms with Crippen molar-refractivity contribution in [1.82, 2.24) is 14.8 Å². The summed E-state index contributed by atoms with van der Waals surface area (Å²) in [7, 11) is 0. The number of furan rings is 1. The van der Waals surface area contributed by atoms with Gasteiger partial charge in [0.2, 0.25) is 5.82 Å². The van der Waals surface area contributed by atoms with Gasteiger partial charge in [-0.05, 0) is 49.2 Å². The van der Waals surface area contributed by atoms with E-state index in [0.29, 0.717) is 23.2 Å². The molecule has 0 radical (unpaired) electrons. The minimum Gasteiger partial charge on any atom is -0.461 e. The van der Waals surface area contributed by atoms with Gasteiger partial charge in [-0.1, -0.05) is 31.0 Å². The van der Waals surface area contributed by atoms with Crippen LogP contribution in [-0.4, -0.2) is 26.3 Å². The number of rotatable bonds is 6. The van der Waals surface area contributed by atoms with Crippen LogP contribution >= 0.6 is 11.8 Å². The number of halogens is 1. The number of benzene rings is 1. The molecular weight excluding hydrogens is 365 g/mol. The molecule has 4 rings (SSSR count). The standard InChI is InChI=1S/C20H20FN3O2S/c21-15-10-8-14(9-11-15)17(25)13-27-20-23-22-19(18-7-4-12-26-18)24(20)16-5-2-1-3-6-16/h4,7-12,16H,1-3,5-6,13H2. The van der Waals surface area contributed by atoms with Crippen LogP contribution < -0.4 is 0 Å². The predicted octanol–water partition coefficient (Wildman–Crippen LogP) is 5.16. The van der Waals surface area contributed by atoms with Crippen LogP contribution in [-0.2, 0) is 0 Å². The highest BCUT2D eigenvalue weighted by Crippen LogP contribution is 2.35. The third kappa shape index (κ3) is 3.98. The molecule has 1 aliphatic rings. The zero-order valence-electron chi connectivity index (χ0n) is 14.8. The molecule has 0 atom stereocenters. The van der Waals surface area contributed by atoms with E-state index in [4.69, 9.17) is 4.42 Å². The molecule has 0 bridgehead atoms. The fraction of sp³-hybridized carbons (Fsp3) is 0.350. The van der Waals surface area contributed by atoms with E-state index in [1.807, 2.05) is 12.1 Å². The van der Waals surface area contributed by atoms with Gasteiger partial charge in [0.25, 0.3) is 0 Å². The van der Waals surface area contributed by atoms with Crippen molar-refractivity contribution in [3.8, 4) is 11.6 Å². The maximum atomic E-state index is 13.0. The van der Waals surface area contributed by atoms with Gasteiger partial charge in [0.15, 0.2) is 16.7 Å². The Labute approximate surface area is 161 Å². The molecule has 1 saturated carbocycles. The molecule has 0 amide bonds. The van der Waals surface area contributed by atoms with Crippen molar-refractivity contribution >= 4 is 17.5 Å². The van der Waals surface area contributed by atoms with Crippen molar-refractivity contribution in [2.24, 2.45) is 0 Å². The van der Waals surface area contributed by atoms with Crippen molar-refractivity contribution in [1.29, 1.82) is 0 Å². The quantitative estimate of drug-likeness (QED) is 0.433. The van der Waals surface area contributed by atoms with E-state index in [1.54, 1.807) is 6.26 Å². The highest BCUT2D eigenvalue weighted by Gasteiger charge is 2.25. The normalized spacial score (nSPS) is 15.1. The molecule has 7 heteroatoms. The first-order valence-corrected chi connectivity index (χ1v) is 10.1. The van der Waals surface area contributed by atoms with E-state index < -0.39 is 0 Å². The van der Waals surface area contributed by atoms with E-state index in [9.17, 15) is 9.18 Å². The Morgan fingerprint density at radius 1 is 1.15 bits per heavy atom. The zero-order valence-corrected chi connectivity index (χ0v) is 15.6. The summed E-state index contributed by atoms with van der Waals surface area (Å²) in [6, 6.07) is 9.66. The van der Waals surface area contributed by atoms with Gasteiger partial charge >= 0.3 is 0 Å². The Kier molecular flexibility index (Phi) is 5.38. The van der Waals surface area contributed by atoms with Crippen molar-refractivity contribution < 1.29 is 13.6 Å². The number of thioether (sulfide) groups is 1. The summed E-state index contributed by atoms with van der Waals surface area (Å²) in [6.45, 7) is 0. The molecule has 0 N–H and O–H groups in total. The van der Waals surface area contributed by atoms with Gasteiger partial charge < -0.3 is 4.42 Å². The number of Topliss-reactive ketones (excluding diaryl/α,β-unsaturated/α-hetero) is 1. The summed E-state index contributed by atoms with van der Waals surface area (Å²) < 4.78 is 20.7. The van der Waals surface area contributed by atoms with E-state index >= 15 is 0 Å². The van der Waals surface area contributed by atoms with Crippen molar-refractivity contribution in [2.45, 2.75) is 43.3 Å². The number of carbonyl (C=O) groups excluding carboxylic acids is 1. The molecule has 0 unspecified atom stereocenters. The molecule has 27 heavy (non-hydrogen) atoms.